The predicted molar refractivity (Wildman–Crippen MR) is 60.3 cm³/mol. The van der Waals surface area contributed by atoms with Crippen molar-refractivity contribution in [2.24, 2.45) is 5.10 Å². The van der Waals surface area contributed by atoms with Crippen LogP contribution in [0.1, 0.15) is 17.0 Å². The zero-order chi connectivity index (χ0) is 10.3. The van der Waals surface area contributed by atoms with Crippen molar-refractivity contribution < 1.29 is 0 Å². The third-order valence-electron chi connectivity index (χ3n) is 2.79. The van der Waals surface area contributed by atoms with E-state index in [4.69, 9.17) is 0 Å². The molecule has 15 heavy (non-hydrogen) atoms. The topological polar surface area (TPSA) is 47.2 Å². The number of hydrazone groups is 1. The molecule has 2 aromatic heterocycles. The highest BCUT2D eigenvalue weighted by Crippen LogP contribution is 2.33. The van der Waals surface area contributed by atoms with Gasteiger partial charge in [0.1, 0.15) is 5.82 Å². The fourth-order valence-corrected chi connectivity index (χ4v) is 2.00. The molecule has 4 nitrogen and oxygen atoms in total. The van der Waals surface area contributed by atoms with Crippen LogP contribution in [-0.4, -0.2) is 23.2 Å². The molecule has 2 N–H and O–H groups in total. The monoisotopic (exact) mass is 200 g/mol. The summed E-state index contributed by atoms with van der Waals surface area (Å²) in [6.45, 7) is 0. The zero-order valence-corrected chi connectivity index (χ0v) is 8.44. The summed E-state index contributed by atoms with van der Waals surface area (Å²) >= 11 is 0. The minimum Gasteiger partial charge on any atom is -0.367 e. The molecule has 3 heterocycles. The minimum atomic E-state index is 0.258. The lowest BCUT2D eigenvalue weighted by Gasteiger charge is -2.22. The Morgan fingerprint density at radius 3 is 3.07 bits per heavy atom. The average molecular weight is 200 g/mol. The molecule has 0 spiro atoms. The molecular formula is C11H12N4. The number of nitrogens with one attached hydrogen (secondary N) is 2. The fourth-order valence-electron chi connectivity index (χ4n) is 2.00. The molecule has 0 aromatic carbocycles. The van der Waals surface area contributed by atoms with Crippen LogP contribution < -0.4 is 5.01 Å². The number of nitrogens with zero attached hydrogens (tertiary/aromatic N) is 2. The number of fused-ring (bicyclic) bond motifs is 1. The Hall–Kier alpha value is -1.97. The second kappa shape index (κ2) is 3.02. The van der Waals surface area contributed by atoms with Gasteiger partial charge in [-0.05, 0) is 17.7 Å². The Kier molecular flexibility index (Phi) is 1.68. The van der Waals surface area contributed by atoms with E-state index in [-0.39, 0.29) is 5.92 Å². The number of H-pyrrole nitrogens is 2. The van der Waals surface area contributed by atoms with E-state index in [0.29, 0.717) is 0 Å². The maximum Gasteiger partial charge on any atom is 0.130 e. The molecule has 0 amide bonds. The molecule has 1 unspecified atom stereocenters. The highest BCUT2D eigenvalue weighted by Gasteiger charge is 2.22. The van der Waals surface area contributed by atoms with Crippen molar-refractivity contribution in [3.05, 3.63) is 41.9 Å². The fraction of sp³-hybridized carbons (Fsp3) is 0.182. The van der Waals surface area contributed by atoms with Crippen LogP contribution in [0, 0.1) is 0 Å². The van der Waals surface area contributed by atoms with Crippen molar-refractivity contribution in [1.82, 2.24) is 9.97 Å². The summed E-state index contributed by atoms with van der Waals surface area (Å²) < 4.78 is 0. The van der Waals surface area contributed by atoms with Gasteiger partial charge >= 0.3 is 0 Å². The van der Waals surface area contributed by atoms with E-state index in [9.17, 15) is 0 Å². The molecule has 4 heteroatoms. The van der Waals surface area contributed by atoms with Crippen LogP contribution in [-0.2, 0) is 0 Å². The highest BCUT2D eigenvalue weighted by molar-refractivity contribution is 5.79. The van der Waals surface area contributed by atoms with Gasteiger partial charge in [0.25, 0.3) is 0 Å². The third-order valence-corrected chi connectivity index (χ3v) is 2.79. The third kappa shape index (κ3) is 1.18. The molecule has 2 aromatic rings. The summed E-state index contributed by atoms with van der Waals surface area (Å²) in [5.41, 5.74) is 2.51. The maximum atomic E-state index is 4.34. The van der Waals surface area contributed by atoms with E-state index in [1.54, 1.807) is 0 Å². The lowest BCUT2D eigenvalue weighted by molar-refractivity contribution is 0.922. The minimum absolute atomic E-state index is 0.258. The molecule has 0 bridgehead atoms. The first-order valence-electron chi connectivity index (χ1n) is 4.94. The van der Waals surface area contributed by atoms with Gasteiger partial charge in [-0.2, -0.15) is 5.10 Å². The summed E-state index contributed by atoms with van der Waals surface area (Å²) in [5.74, 6) is 1.33. The first-order valence-corrected chi connectivity index (χ1v) is 4.94. The summed E-state index contributed by atoms with van der Waals surface area (Å²) in [5, 5.41) is 6.20. The normalized spacial score (nSPS) is 19.3. The quantitative estimate of drug-likeness (QED) is 0.725. The Balaban J connectivity index is 2.10. The van der Waals surface area contributed by atoms with E-state index in [1.165, 1.54) is 11.1 Å². The molecule has 1 aliphatic heterocycles. The Labute approximate surface area is 87.6 Å². The number of hydrogen-bond donors (Lipinski definition) is 2. The van der Waals surface area contributed by atoms with Crippen molar-refractivity contribution in [1.29, 1.82) is 0 Å². The Bertz CT molecular complexity index is 480. The maximum absolute atomic E-state index is 4.34. The largest absolute Gasteiger partial charge is 0.367 e. The highest BCUT2D eigenvalue weighted by atomic mass is 15.5. The van der Waals surface area contributed by atoms with Crippen LogP contribution in [0.15, 0.2) is 35.8 Å². The van der Waals surface area contributed by atoms with Crippen LogP contribution in [0.25, 0.3) is 0 Å². The van der Waals surface area contributed by atoms with E-state index >= 15 is 0 Å². The van der Waals surface area contributed by atoms with Crippen LogP contribution in [0.5, 0.6) is 0 Å². The van der Waals surface area contributed by atoms with Gasteiger partial charge in [-0.1, -0.05) is 0 Å². The zero-order valence-electron chi connectivity index (χ0n) is 8.44. The second-order valence-electron chi connectivity index (χ2n) is 3.69. The second-order valence-corrected chi connectivity index (χ2v) is 3.69. The molecule has 0 saturated heterocycles. The van der Waals surface area contributed by atoms with Gasteiger partial charge in [0.05, 0.1) is 5.92 Å². The average Bonchev–Trinajstić information content (AvgIpc) is 2.88. The molecule has 3 rings (SSSR count). The number of rotatable bonds is 1. The Morgan fingerprint density at radius 1 is 1.33 bits per heavy atom. The van der Waals surface area contributed by atoms with E-state index < -0.39 is 0 Å². The standard InChI is InChI=1S/C11H12N4/c1-15-11-9(3-5-13-11)10(7-14-15)8-2-4-12-6-8/h2-7,10,12-13H,1H3. The molecule has 0 radical (unpaired) electrons. The number of hydrogen-bond acceptors (Lipinski definition) is 2. The van der Waals surface area contributed by atoms with Gasteiger partial charge in [-0.25, -0.2) is 0 Å². The van der Waals surface area contributed by atoms with Gasteiger partial charge < -0.3 is 9.97 Å². The van der Waals surface area contributed by atoms with Crippen molar-refractivity contribution in [3.8, 4) is 0 Å². The van der Waals surface area contributed by atoms with E-state index in [2.05, 4.69) is 27.2 Å². The first-order chi connectivity index (χ1) is 7.36. The van der Waals surface area contributed by atoms with Crippen molar-refractivity contribution >= 4 is 12.0 Å². The first kappa shape index (κ1) is 8.35. The van der Waals surface area contributed by atoms with Crippen LogP contribution in [0.2, 0.25) is 0 Å². The van der Waals surface area contributed by atoms with Crippen molar-refractivity contribution in [2.75, 3.05) is 12.1 Å². The molecule has 0 fully saturated rings. The number of aromatic amines is 2. The van der Waals surface area contributed by atoms with Gasteiger partial charge in [0.15, 0.2) is 0 Å². The lowest BCUT2D eigenvalue weighted by atomic mass is 9.95. The number of aromatic nitrogens is 2. The molecule has 1 atom stereocenters. The summed E-state index contributed by atoms with van der Waals surface area (Å²) in [6, 6.07) is 4.19. The van der Waals surface area contributed by atoms with E-state index in [0.717, 1.165) is 5.82 Å². The Morgan fingerprint density at radius 2 is 2.27 bits per heavy atom. The lowest BCUT2D eigenvalue weighted by Crippen LogP contribution is -2.19. The van der Waals surface area contributed by atoms with Crippen molar-refractivity contribution in [2.45, 2.75) is 5.92 Å². The predicted octanol–water partition coefficient (Wildman–Crippen LogP) is 1.91. The number of anilines is 1. The van der Waals surface area contributed by atoms with Crippen LogP contribution >= 0.6 is 0 Å². The summed E-state index contributed by atoms with van der Waals surface area (Å²) in [6.07, 6.45) is 7.88. The summed E-state index contributed by atoms with van der Waals surface area (Å²) in [4.78, 5) is 6.28. The smallest absolute Gasteiger partial charge is 0.130 e. The molecular weight excluding hydrogens is 188 g/mol. The molecule has 0 saturated carbocycles. The van der Waals surface area contributed by atoms with Crippen LogP contribution in [0.3, 0.4) is 0 Å². The van der Waals surface area contributed by atoms with E-state index in [1.807, 2.05) is 36.9 Å². The molecule has 0 aliphatic carbocycles. The van der Waals surface area contributed by atoms with Gasteiger partial charge in [0.2, 0.25) is 0 Å². The summed E-state index contributed by atoms with van der Waals surface area (Å²) in [7, 11) is 1.94. The van der Waals surface area contributed by atoms with Gasteiger partial charge in [-0.3, -0.25) is 5.01 Å². The van der Waals surface area contributed by atoms with Crippen LogP contribution in [0.4, 0.5) is 5.82 Å². The van der Waals surface area contributed by atoms with Gasteiger partial charge in [-0.15, -0.1) is 0 Å². The van der Waals surface area contributed by atoms with Crippen molar-refractivity contribution in [3.63, 3.8) is 0 Å². The molecule has 76 valence electrons. The molecule has 1 aliphatic rings. The SMILES string of the molecule is CN1N=CC(c2cc[nH]c2)c2cc[nH]c21. The van der Waals surface area contributed by atoms with Gasteiger partial charge in [0, 0.05) is 37.4 Å².